The molecule has 0 aromatic carbocycles. The first-order valence-electron chi connectivity index (χ1n) is 9.17. The Kier molecular flexibility index (Phi) is 3.93. The first-order chi connectivity index (χ1) is 13.2. The van der Waals surface area contributed by atoms with Crippen LogP contribution in [0, 0.1) is 5.92 Å². The molecule has 0 saturated carbocycles. The number of carbonyl (C=O) groups excluding carboxylic acids is 1. The van der Waals surface area contributed by atoms with Crippen LogP contribution in [-0.4, -0.2) is 33.4 Å². The van der Waals surface area contributed by atoms with Crippen molar-refractivity contribution in [2.75, 3.05) is 13.1 Å². The van der Waals surface area contributed by atoms with Crippen molar-refractivity contribution in [1.29, 1.82) is 0 Å². The van der Waals surface area contributed by atoms with Crippen molar-refractivity contribution in [2.24, 2.45) is 5.92 Å². The van der Waals surface area contributed by atoms with Gasteiger partial charge in [-0.2, -0.15) is 0 Å². The Morgan fingerprint density at radius 1 is 1.07 bits per heavy atom. The van der Waals surface area contributed by atoms with Gasteiger partial charge in [0, 0.05) is 65.7 Å². The molecule has 1 fully saturated rings. The number of thiophene rings is 1. The highest BCUT2D eigenvalue weighted by atomic mass is 32.1. The zero-order chi connectivity index (χ0) is 18.4. The summed E-state index contributed by atoms with van der Waals surface area (Å²) in [5.74, 6) is 0.559. The largest absolute Gasteiger partial charge is 0.338 e. The van der Waals surface area contributed by atoms with Crippen LogP contribution in [-0.2, 0) is 6.54 Å². The van der Waals surface area contributed by atoms with Crippen molar-refractivity contribution in [3.63, 3.8) is 0 Å². The number of nitrogens with zero attached hydrogens (tertiary/aromatic N) is 3. The minimum absolute atomic E-state index is 0.0523. The van der Waals surface area contributed by atoms with E-state index in [2.05, 4.69) is 16.4 Å². The third-order valence-corrected chi connectivity index (χ3v) is 6.49. The molecule has 2 bridgehead atoms. The number of rotatable bonds is 2. The van der Waals surface area contributed by atoms with Gasteiger partial charge < -0.3 is 9.47 Å². The van der Waals surface area contributed by atoms with Gasteiger partial charge in [-0.25, -0.2) is 0 Å². The lowest BCUT2D eigenvalue weighted by Crippen LogP contribution is -2.49. The van der Waals surface area contributed by atoms with Crippen molar-refractivity contribution < 1.29 is 4.79 Å². The van der Waals surface area contributed by atoms with E-state index < -0.39 is 0 Å². The van der Waals surface area contributed by atoms with Crippen LogP contribution in [0.2, 0.25) is 0 Å². The highest BCUT2D eigenvalue weighted by molar-refractivity contribution is 7.13. The summed E-state index contributed by atoms with van der Waals surface area (Å²) in [7, 11) is 0. The molecule has 0 spiro atoms. The second kappa shape index (κ2) is 6.46. The van der Waals surface area contributed by atoms with Gasteiger partial charge in [-0.3, -0.25) is 14.6 Å². The molecule has 6 heteroatoms. The van der Waals surface area contributed by atoms with Crippen molar-refractivity contribution in [3.8, 4) is 10.4 Å². The van der Waals surface area contributed by atoms with Gasteiger partial charge in [-0.05, 0) is 42.0 Å². The van der Waals surface area contributed by atoms with E-state index >= 15 is 0 Å². The molecule has 136 valence electrons. The Morgan fingerprint density at radius 2 is 1.93 bits per heavy atom. The third-order valence-electron chi connectivity index (χ3n) is 5.59. The minimum Gasteiger partial charge on any atom is -0.338 e. The van der Waals surface area contributed by atoms with Crippen LogP contribution in [0.5, 0.6) is 0 Å². The number of piperidine rings is 1. The molecule has 2 aliphatic heterocycles. The predicted octanol–water partition coefficient (Wildman–Crippen LogP) is 3.23. The smallest absolute Gasteiger partial charge is 0.253 e. The van der Waals surface area contributed by atoms with Crippen LogP contribution >= 0.6 is 11.3 Å². The Morgan fingerprint density at radius 3 is 2.70 bits per heavy atom. The highest BCUT2D eigenvalue weighted by Crippen LogP contribution is 2.41. The van der Waals surface area contributed by atoms with Crippen molar-refractivity contribution in [3.05, 3.63) is 75.8 Å². The molecule has 0 radical (unpaired) electrons. The van der Waals surface area contributed by atoms with Crippen LogP contribution < -0.4 is 5.56 Å². The third kappa shape index (κ3) is 2.80. The van der Waals surface area contributed by atoms with Gasteiger partial charge in [0.2, 0.25) is 0 Å². The maximum Gasteiger partial charge on any atom is 0.253 e. The average Bonchev–Trinajstić information content (AvgIpc) is 3.23. The van der Waals surface area contributed by atoms with Gasteiger partial charge in [0.1, 0.15) is 0 Å². The van der Waals surface area contributed by atoms with E-state index in [9.17, 15) is 9.59 Å². The molecule has 3 aromatic rings. The Hall–Kier alpha value is -2.73. The number of likely N-dealkylation sites (tertiary alicyclic amines) is 1. The number of amides is 1. The maximum atomic E-state index is 13.0. The number of fused-ring (bicyclic) bond motifs is 4. The van der Waals surface area contributed by atoms with E-state index in [4.69, 9.17) is 0 Å². The zero-order valence-electron chi connectivity index (χ0n) is 14.7. The number of hydrogen-bond donors (Lipinski definition) is 0. The molecule has 2 unspecified atom stereocenters. The molecule has 2 atom stereocenters. The fourth-order valence-electron chi connectivity index (χ4n) is 4.50. The summed E-state index contributed by atoms with van der Waals surface area (Å²) >= 11 is 1.69. The first-order valence-corrected chi connectivity index (χ1v) is 10.1. The average molecular weight is 377 g/mol. The van der Waals surface area contributed by atoms with Crippen LogP contribution in [0.1, 0.15) is 28.4 Å². The Bertz CT molecular complexity index is 1040. The van der Waals surface area contributed by atoms with Gasteiger partial charge >= 0.3 is 0 Å². The molecule has 5 nitrogen and oxygen atoms in total. The molecule has 1 saturated heterocycles. The lowest BCUT2D eigenvalue weighted by Gasteiger charge is -2.43. The summed E-state index contributed by atoms with van der Waals surface area (Å²) in [5, 5.41) is 2.06. The Balaban J connectivity index is 1.54. The van der Waals surface area contributed by atoms with Gasteiger partial charge in [-0.15, -0.1) is 11.3 Å². The predicted molar refractivity (Wildman–Crippen MR) is 105 cm³/mol. The van der Waals surface area contributed by atoms with Gasteiger partial charge in [0.25, 0.3) is 11.5 Å². The molecular weight excluding hydrogens is 358 g/mol. The minimum atomic E-state index is 0.0523. The SMILES string of the molecule is O=C(c1ccncc1)N1CC2CC(C1)c1c(-c3cccs3)ccc(=O)n1C2. The van der Waals surface area contributed by atoms with E-state index in [1.165, 1.54) is 4.88 Å². The summed E-state index contributed by atoms with van der Waals surface area (Å²) in [6, 6.07) is 11.3. The molecule has 1 amide bonds. The molecule has 3 aromatic heterocycles. The molecule has 5 heterocycles. The van der Waals surface area contributed by atoms with Crippen LogP contribution in [0.25, 0.3) is 10.4 Å². The number of hydrogen-bond acceptors (Lipinski definition) is 4. The summed E-state index contributed by atoms with van der Waals surface area (Å²) in [4.78, 5) is 32.6. The van der Waals surface area contributed by atoms with E-state index in [0.29, 0.717) is 31.1 Å². The summed E-state index contributed by atoms with van der Waals surface area (Å²) < 4.78 is 1.95. The highest BCUT2D eigenvalue weighted by Gasteiger charge is 2.38. The topological polar surface area (TPSA) is 55.2 Å². The van der Waals surface area contributed by atoms with E-state index in [1.807, 2.05) is 21.6 Å². The van der Waals surface area contributed by atoms with Gasteiger partial charge in [-0.1, -0.05) is 6.07 Å². The second-order valence-electron chi connectivity index (χ2n) is 7.30. The van der Waals surface area contributed by atoms with Crippen LogP contribution in [0.4, 0.5) is 0 Å². The molecule has 0 aliphatic carbocycles. The normalized spacial score (nSPS) is 21.0. The molecule has 27 heavy (non-hydrogen) atoms. The first kappa shape index (κ1) is 16.4. The zero-order valence-corrected chi connectivity index (χ0v) is 15.6. The standard InChI is InChI=1S/C21H19N3O2S/c25-19-4-3-17(18-2-1-9-27-18)20-16-10-14(12-24(19)20)11-23(13-16)21(26)15-5-7-22-8-6-15/h1-9,14,16H,10-13H2. The quantitative estimate of drug-likeness (QED) is 0.689. The Labute approximate surface area is 160 Å². The monoisotopic (exact) mass is 377 g/mol. The fourth-order valence-corrected chi connectivity index (χ4v) is 5.26. The van der Waals surface area contributed by atoms with E-state index in [1.54, 1.807) is 41.9 Å². The molecule has 0 N–H and O–H groups in total. The summed E-state index contributed by atoms with van der Waals surface area (Å²) in [6.45, 7) is 2.04. The summed E-state index contributed by atoms with van der Waals surface area (Å²) in [6.07, 6.45) is 4.34. The number of pyridine rings is 2. The van der Waals surface area contributed by atoms with Crippen molar-refractivity contribution >= 4 is 17.2 Å². The number of carbonyl (C=O) groups is 1. The van der Waals surface area contributed by atoms with Crippen molar-refractivity contribution in [1.82, 2.24) is 14.5 Å². The second-order valence-corrected chi connectivity index (χ2v) is 8.25. The molecule has 5 rings (SSSR count). The molecular formula is C21H19N3O2S. The van der Waals surface area contributed by atoms with Gasteiger partial charge in [0.15, 0.2) is 0 Å². The number of aromatic nitrogens is 2. The maximum absolute atomic E-state index is 13.0. The van der Waals surface area contributed by atoms with Crippen LogP contribution in [0.3, 0.4) is 0 Å². The summed E-state index contributed by atoms with van der Waals surface area (Å²) in [5.41, 5.74) is 2.96. The van der Waals surface area contributed by atoms with E-state index in [0.717, 1.165) is 17.7 Å². The lowest BCUT2D eigenvalue weighted by molar-refractivity contribution is 0.0595. The lowest BCUT2D eigenvalue weighted by atomic mass is 9.81. The van der Waals surface area contributed by atoms with E-state index in [-0.39, 0.29) is 17.4 Å². The molecule has 2 aliphatic rings. The van der Waals surface area contributed by atoms with Gasteiger partial charge in [0.05, 0.1) is 0 Å². The van der Waals surface area contributed by atoms with Crippen LogP contribution in [0.15, 0.2) is 59.0 Å². The van der Waals surface area contributed by atoms with Crippen molar-refractivity contribution in [2.45, 2.75) is 18.9 Å². The fraction of sp³-hybridized carbons (Fsp3) is 0.286.